The fraction of sp³-hybridized carbons (Fsp3) is 0.409. The number of ether oxygens (including phenoxy) is 1. The van der Waals surface area contributed by atoms with Gasteiger partial charge >= 0.3 is 0 Å². The van der Waals surface area contributed by atoms with E-state index >= 15 is 0 Å². The van der Waals surface area contributed by atoms with Crippen LogP contribution in [0.15, 0.2) is 53.4 Å². The molecule has 1 amide bonds. The minimum absolute atomic E-state index is 0.0363. The Balaban J connectivity index is 1.90. The van der Waals surface area contributed by atoms with Crippen LogP contribution in [0.4, 0.5) is 0 Å². The zero-order chi connectivity index (χ0) is 21.7. The van der Waals surface area contributed by atoms with Crippen molar-refractivity contribution in [3.05, 3.63) is 59.7 Å². The number of amides is 1. The highest BCUT2D eigenvalue weighted by Gasteiger charge is 2.32. The molecule has 7 nitrogen and oxygen atoms in total. The summed E-state index contributed by atoms with van der Waals surface area (Å²) in [6.07, 6.45) is 0.277. The van der Waals surface area contributed by atoms with Crippen LogP contribution in [0.1, 0.15) is 11.1 Å². The molecule has 0 spiro atoms. The third kappa shape index (κ3) is 5.38. The lowest BCUT2D eigenvalue weighted by Crippen LogP contribution is -2.54. The van der Waals surface area contributed by atoms with E-state index in [2.05, 4.69) is 9.62 Å². The Morgan fingerprint density at radius 3 is 2.40 bits per heavy atom. The number of sulfonamides is 1. The van der Waals surface area contributed by atoms with E-state index in [0.29, 0.717) is 13.1 Å². The molecule has 1 aliphatic rings. The van der Waals surface area contributed by atoms with Gasteiger partial charge in [0.1, 0.15) is 16.7 Å². The molecule has 162 valence electrons. The number of carbonyl (C=O) groups excluding carboxylic acids is 1. The van der Waals surface area contributed by atoms with Crippen LogP contribution in [-0.4, -0.2) is 70.5 Å². The molecule has 1 atom stereocenters. The van der Waals surface area contributed by atoms with Crippen molar-refractivity contribution in [2.24, 2.45) is 0 Å². The first kappa shape index (κ1) is 22.3. The average Bonchev–Trinajstić information content (AvgIpc) is 2.74. The number of methoxy groups -OCH3 is 1. The third-order valence-corrected chi connectivity index (χ3v) is 6.79. The highest BCUT2D eigenvalue weighted by molar-refractivity contribution is 7.89. The number of likely N-dealkylation sites (N-methyl/N-ethyl adjacent to an activating group) is 1. The lowest BCUT2D eigenvalue weighted by molar-refractivity contribution is -0.134. The Hall–Kier alpha value is -2.42. The van der Waals surface area contributed by atoms with Crippen LogP contribution in [0.3, 0.4) is 0 Å². The van der Waals surface area contributed by atoms with Crippen LogP contribution < -0.4 is 9.46 Å². The molecule has 30 heavy (non-hydrogen) atoms. The molecule has 0 bridgehead atoms. The highest BCUT2D eigenvalue weighted by Crippen LogP contribution is 2.25. The third-order valence-electron chi connectivity index (χ3n) is 5.30. The number of benzene rings is 2. The summed E-state index contributed by atoms with van der Waals surface area (Å²) in [5, 5.41) is 0. The Kier molecular flexibility index (Phi) is 7.12. The molecule has 1 fully saturated rings. The fourth-order valence-corrected chi connectivity index (χ4v) is 4.96. The van der Waals surface area contributed by atoms with E-state index in [1.807, 2.05) is 44.3 Å². The Morgan fingerprint density at radius 2 is 1.77 bits per heavy atom. The van der Waals surface area contributed by atoms with E-state index in [4.69, 9.17) is 4.74 Å². The molecule has 0 unspecified atom stereocenters. The molecule has 2 aromatic rings. The molecule has 3 rings (SSSR count). The van der Waals surface area contributed by atoms with Crippen LogP contribution in [0, 0.1) is 6.92 Å². The summed E-state index contributed by atoms with van der Waals surface area (Å²) in [6, 6.07) is 13.5. The van der Waals surface area contributed by atoms with Gasteiger partial charge in [0.15, 0.2) is 0 Å². The van der Waals surface area contributed by atoms with Crippen molar-refractivity contribution in [1.29, 1.82) is 0 Å². The van der Waals surface area contributed by atoms with Gasteiger partial charge in [0.05, 0.1) is 7.11 Å². The minimum Gasteiger partial charge on any atom is -0.495 e. The first-order valence-electron chi connectivity index (χ1n) is 9.98. The summed E-state index contributed by atoms with van der Waals surface area (Å²) in [5.74, 6) is 0.0424. The predicted octanol–water partition coefficient (Wildman–Crippen LogP) is 1.67. The average molecular weight is 432 g/mol. The van der Waals surface area contributed by atoms with E-state index in [-0.39, 0.29) is 23.0 Å². The maximum atomic E-state index is 13.3. The van der Waals surface area contributed by atoms with Crippen molar-refractivity contribution in [1.82, 2.24) is 14.5 Å². The molecule has 1 N–H and O–H groups in total. The van der Waals surface area contributed by atoms with E-state index in [1.54, 1.807) is 23.1 Å². The van der Waals surface area contributed by atoms with Gasteiger partial charge in [-0.3, -0.25) is 4.79 Å². The fourth-order valence-electron chi connectivity index (χ4n) is 3.52. The molecule has 1 aliphatic heterocycles. The summed E-state index contributed by atoms with van der Waals surface area (Å²) >= 11 is 0. The van der Waals surface area contributed by atoms with Gasteiger partial charge in [0.2, 0.25) is 15.9 Å². The number of aryl methyl sites for hydroxylation is 1. The van der Waals surface area contributed by atoms with Gasteiger partial charge in [0.25, 0.3) is 0 Å². The Bertz CT molecular complexity index is 971. The van der Waals surface area contributed by atoms with Crippen LogP contribution in [-0.2, 0) is 21.2 Å². The molecular formula is C22H29N3O4S. The quantitative estimate of drug-likeness (QED) is 0.722. The molecule has 1 saturated heterocycles. The summed E-state index contributed by atoms with van der Waals surface area (Å²) in [4.78, 5) is 17.2. The minimum atomic E-state index is -3.97. The Morgan fingerprint density at radius 1 is 1.10 bits per heavy atom. The van der Waals surface area contributed by atoms with Gasteiger partial charge in [-0.15, -0.1) is 0 Å². The van der Waals surface area contributed by atoms with Crippen molar-refractivity contribution >= 4 is 15.9 Å². The smallest absolute Gasteiger partial charge is 0.244 e. The normalized spacial score (nSPS) is 16.3. The molecule has 0 saturated carbocycles. The first-order chi connectivity index (χ1) is 14.3. The number of rotatable bonds is 7. The number of hydrogen-bond acceptors (Lipinski definition) is 5. The Labute approximate surface area is 178 Å². The standard InChI is InChI=1S/C22H29N3O4S/c1-17-9-10-20(29-3)21(15-17)30(27,28)23-19(16-18-7-5-4-6-8-18)22(26)25-13-11-24(2)12-14-25/h4-10,15,19,23H,11-14,16H2,1-3H3/t19-/m1/s1. The topological polar surface area (TPSA) is 78.9 Å². The summed E-state index contributed by atoms with van der Waals surface area (Å²) in [5.41, 5.74) is 1.69. The second-order valence-corrected chi connectivity index (χ2v) is 9.33. The van der Waals surface area contributed by atoms with Gasteiger partial charge in [-0.25, -0.2) is 8.42 Å². The van der Waals surface area contributed by atoms with Crippen molar-refractivity contribution in [2.45, 2.75) is 24.3 Å². The number of carbonyl (C=O) groups is 1. The number of nitrogens with zero attached hydrogens (tertiary/aromatic N) is 2. The second-order valence-electron chi connectivity index (χ2n) is 7.65. The van der Waals surface area contributed by atoms with Crippen LogP contribution in [0.5, 0.6) is 5.75 Å². The highest BCUT2D eigenvalue weighted by atomic mass is 32.2. The first-order valence-corrected chi connectivity index (χ1v) is 11.5. The summed E-state index contributed by atoms with van der Waals surface area (Å²) in [7, 11) is -0.531. The molecule has 2 aromatic carbocycles. The van der Waals surface area contributed by atoms with Crippen LogP contribution in [0.2, 0.25) is 0 Å². The lowest BCUT2D eigenvalue weighted by atomic mass is 10.1. The zero-order valence-corrected chi connectivity index (χ0v) is 18.5. The van der Waals surface area contributed by atoms with E-state index in [9.17, 15) is 13.2 Å². The summed E-state index contributed by atoms with van der Waals surface area (Å²) in [6.45, 7) is 4.51. The van der Waals surface area contributed by atoms with Gasteiger partial charge < -0.3 is 14.5 Å². The molecule has 1 heterocycles. The van der Waals surface area contributed by atoms with Crippen molar-refractivity contribution in [3.8, 4) is 5.75 Å². The molecule has 8 heteroatoms. The van der Waals surface area contributed by atoms with Crippen molar-refractivity contribution in [3.63, 3.8) is 0 Å². The van der Waals surface area contributed by atoms with E-state index < -0.39 is 16.1 Å². The number of nitrogens with one attached hydrogen (secondary N) is 1. The maximum Gasteiger partial charge on any atom is 0.244 e. The van der Waals surface area contributed by atoms with Crippen molar-refractivity contribution in [2.75, 3.05) is 40.3 Å². The summed E-state index contributed by atoms with van der Waals surface area (Å²) < 4.78 is 34.4. The zero-order valence-electron chi connectivity index (χ0n) is 17.7. The largest absolute Gasteiger partial charge is 0.495 e. The second kappa shape index (κ2) is 9.59. The van der Waals surface area contributed by atoms with Gasteiger partial charge in [-0.05, 0) is 43.7 Å². The lowest BCUT2D eigenvalue weighted by Gasteiger charge is -2.34. The molecular weight excluding hydrogens is 402 g/mol. The number of piperazine rings is 1. The number of hydrogen-bond donors (Lipinski definition) is 1. The van der Waals surface area contributed by atoms with Gasteiger partial charge in [-0.2, -0.15) is 4.72 Å². The van der Waals surface area contributed by atoms with Gasteiger partial charge in [0, 0.05) is 26.2 Å². The maximum absolute atomic E-state index is 13.3. The van der Waals surface area contributed by atoms with E-state index in [1.165, 1.54) is 7.11 Å². The predicted molar refractivity (Wildman–Crippen MR) is 116 cm³/mol. The van der Waals surface area contributed by atoms with E-state index in [0.717, 1.165) is 24.2 Å². The molecule has 0 radical (unpaired) electrons. The van der Waals surface area contributed by atoms with Crippen molar-refractivity contribution < 1.29 is 17.9 Å². The van der Waals surface area contributed by atoms with Crippen LogP contribution in [0.25, 0.3) is 0 Å². The van der Waals surface area contributed by atoms with Crippen LogP contribution >= 0.6 is 0 Å². The monoisotopic (exact) mass is 431 g/mol. The molecule has 0 aliphatic carbocycles. The SMILES string of the molecule is COc1ccc(C)cc1S(=O)(=O)N[C@H](Cc1ccccc1)C(=O)N1CCN(C)CC1. The molecule has 0 aromatic heterocycles. The van der Waals surface area contributed by atoms with Gasteiger partial charge in [-0.1, -0.05) is 36.4 Å².